The van der Waals surface area contributed by atoms with E-state index in [0.29, 0.717) is 22.6 Å². The molecule has 0 saturated heterocycles. The fourth-order valence-corrected chi connectivity index (χ4v) is 7.17. The van der Waals surface area contributed by atoms with Crippen LogP contribution >= 0.6 is 11.8 Å². The van der Waals surface area contributed by atoms with Crippen LogP contribution in [0.3, 0.4) is 0 Å². The second kappa shape index (κ2) is 18.0. The third kappa shape index (κ3) is 9.88. The first-order valence-electron chi connectivity index (χ1n) is 19.2. The number of rotatable bonds is 9. The van der Waals surface area contributed by atoms with Gasteiger partial charge in [0, 0.05) is 44.7 Å². The highest BCUT2D eigenvalue weighted by Crippen LogP contribution is 2.46. The Labute approximate surface area is 349 Å². The minimum Gasteiger partial charge on any atom is -0.497 e. The number of hydrogen-bond acceptors (Lipinski definition) is 11. The van der Waals surface area contributed by atoms with Crippen molar-refractivity contribution >= 4 is 40.3 Å². The van der Waals surface area contributed by atoms with Crippen LogP contribution in [0.15, 0.2) is 59.8 Å². The second-order valence-electron chi connectivity index (χ2n) is 15.3. The molecule has 0 spiro atoms. The number of amides is 1. The molecule has 0 aliphatic carbocycles. The van der Waals surface area contributed by atoms with Gasteiger partial charge in [0.05, 0.1) is 31.6 Å². The number of alkyl halides is 3. The standard InChI is InChI=1S/C43H47F5N6O5S/c1-24-17-19-53(41(55)59-42(3,4)5)20-18-49-38-32-37(51-40(52-38)60-8)35(45)36(50-39(32)58-24)30-21-31(34(44)25(2)33(30)43(46,47)48)54(22-26-9-13-28(56-6)14-10-26)23-27-11-15-29(57-7)16-12-27/h9-16,21,24H,17-20,22-23H2,1-8H3,(H,49,51,52)/t24-/m0/s1. The number of thioether (sulfide) groups is 1. The monoisotopic (exact) mass is 854 g/mol. The van der Waals surface area contributed by atoms with E-state index in [1.807, 2.05) is 0 Å². The molecule has 3 heterocycles. The van der Waals surface area contributed by atoms with Gasteiger partial charge in [-0.25, -0.2) is 28.5 Å². The van der Waals surface area contributed by atoms with E-state index in [9.17, 15) is 4.79 Å². The molecule has 0 saturated carbocycles. The molecular weight excluding hydrogens is 808 g/mol. The molecule has 5 aromatic rings. The molecule has 11 nitrogen and oxygen atoms in total. The number of halogens is 5. The number of methoxy groups -OCH3 is 2. The normalized spacial score (nSPS) is 14.8. The first-order chi connectivity index (χ1) is 28.4. The Kier molecular flexibility index (Phi) is 13.2. The summed E-state index contributed by atoms with van der Waals surface area (Å²) in [6.07, 6.45) is -4.45. The molecule has 1 amide bonds. The molecular formula is C43H47F5N6O5S. The highest BCUT2D eigenvalue weighted by molar-refractivity contribution is 7.98. The van der Waals surface area contributed by atoms with Crippen LogP contribution in [0.4, 0.5) is 38.3 Å². The summed E-state index contributed by atoms with van der Waals surface area (Å²) in [7, 11) is 3.04. The molecule has 0 fully saturated rings. The summed E-state index contributed by atoms with van der Waals surface area (Å²) in [6, 6.07) is 15.0. The molecule has 2 aromatic heterocycles. The number of carbonyl (C=O) groups excluding carboxylic acids is 1. The number of ether oxygens (including phenoxy) is 4. The maximum atomic E-state index is 17.3. The van der Waals surface area contributed by atoms with Crippen LogP contribution in [0.5, 0.6) is 17.4 Å². The van der Waals surface area contributed by atoms with Crippen molar-refractivity contribution < 1.29 is 45.7 Å². The predicted molar refractivity (Wildman–Crippen MR) is 221 cm³/mol. The highest BCUT2D eigenvalue weighted by atomic mass is 32.2. The van der Waals surface area contributed by atoms with Crippen molar-refractivity contribution in [3.63, 3.8) is 0 Å². The van der Waals surface area contributed by atoms with E-state index in [1.54, 1.807) is 87.4 Å². The van der Waals surface area contributed by atoms with Gasteiger partial charge in [-0.15, -0.1) is 0 Å². The van der Waals surface area contributed by atoms with Crippen molar-refractivity contribution in [2.45, 2.75) is 77.2 Å². The van der Waals surface area contributed by atoms with Crippen molar-refractivity contribution in [2.24, 2.45) is 0 Å². The van der Waals surface area contributed by atoms with Crippen molar-refractivity contribution in [3.05, 3.63) is 88.5 Å². The van der Waals surface area contributed by atoms with Crippen LogP contribution in [0.25, 0.3) is 22.2 Å². The third-order valence-electron chi connectivity index (χ3n) is 9.78. The number of anilines is 2. The molecule has 1 aliphatic rings. The average molecular weight is 855 g/mol. The zero-order chi connectivity index (χ0) is 43.5. The number of carbonyl (C=O) groups is 1. The van der Waals surface area contributed by atoms with E-state index < -0.39 is 58.0 Å². The molecule has 6 rings (SSSR count). The number of pyridine rings is 1. The van der Waals surface area contributed by atoms with Crippen molar-refractivity contribution in [1.29, 1.82) is 0 Å². The summed E-state index contributed by atoms with van der Waals surface area (Å²) < 4.78 is 102. The van der Waals surface area contributed by atoms with Crippen LogP contribution in [-0.4, -0.2) is 77.8 Å². The zero-order valence-corrected chi connectivity index (χ0v) is 35.4. The van der Waals surface area contributed by atoms with Crippen LogP contribution in [0.2, 0.25) is 0 Å². The second-order valence-corrected chi connectivity index (χ2v) is 16.1. The highest BCUT2D eigenvalue weighted by Gasteiger charge is 2.40. The molecule has 1 atom stereocenters. The fourth-order valence-electron chi connectivity index (χ4n) is 6.81. The maximum Gasteiger partial charge on any atom is 0.417 e. The van der Waals surface area contributed by atoms with E-state index in [0.717, 1.165) is 24.8 Å². The Balaban J connectivity index is 1.55. The van der Waals surface area contributed by atoms with Gasteiger partial charge in [0.2, 0.25) is 5.88 Å². The molecule has 0 unspecified atom stereocenters. The van der Waals surface area contributed by atoms with Gasteiger partial charge in [-0.05, 0) is 87.9 Å². The first-order valence-corrected chi connectivity index (χ1v) is 20.4. The lowest BCUT2D eigenvalue weighted by Crippen LogP contribution is -2.40. The Morgan fingerprint density at radius 1 is 0.933 bits per heavy atom. The summed E-state index contributed by atoms with van der Waals surface area (Å²) >= 11 is 1.09. The average Bonchev–Trinajstić information content (AvgIpc) is 3.22. The lowest BCUT2D eigenvalue weighted by atomic mass is 9.95. The maximum absolute atomic E-state index is 17.3. The minimum atomic E-state index is -5.14. The molecule has 1 aliphatic heterocycles. The number of nitrogens with one attached hydrogen (secondary N) is 1. The van der Waals surface area contributed by atoms with Gasteiger partial charge >= 0.3 is 12.3 Å². The van der Waals surface area contributed by atoms with E-state index in [4.69, 9.17) is 18.9 Å². The lowest BCUT2D eigenvalue weighted by Gasteiger charge is -2.29. The van der Waals surface area contributed by atoms with Gasteiger partial charge in [-0.1, -0.05) is 36.0 Å². The summed E-state index contributed by atoms with van der Waals surface area (Å²) in [5.74, 6) is -1.29. The largest absolute Gasteiger partial charge is 0.497 e. The number of hydrogen-bond donors (Lipinski definition) is 1. The van der Waals surface area contributed by atoms with Crippen LogP contribution in [0.1, 0.15) is 56.4 Å². The molecule has 3 aromatic carbocycles. The predicted octanol–water partition coefficient (Wildman–Crippen LogP) is 10.1. The lowest BCUT2D eigenvalue weighted by molar-refractivity contribution is -0.137. The number of benzene rings is 3. The number of aromatic nitrogens is 3. The van der Waals surface area contributed by atoms with E-state index in [1.165, 1.54) is 19.1 Å². The van der Waals surface area contributed by atoms with Crippen LogP contribution in [0, 0.1) is 18.6 Å². The summed E-state index contributed by atoms with van der Waals surface area (Å²) in [5, 5.41) is 3.24. The molecule has 60 heavy (non-hydrogen) atoms. The van der Waals surface area contributed by atoms with Gasteiger partial charge < -0.3 is 34.1 Å². The smallest absolute Gasteiger partial charge is 0.417 e. The molecule has 0 radical (unpaired) electrons. The van der Waals surface area contributed by atoms with E-state index in [2.05, 4.69) is 20.3 Å². The first kappa shape index (κ1) is 44.0. The Hall–Kier alpha value is -5.58. The van der Waals surface area contributed by atoms with E-state index >= 15 is 22.0 Å². The van der Waals surface area contributed by atoms with Gasteiger partial charge in [0.1, 0.15) is 45.3 Å². The molecule has 320 valence electrons. The third-order valence-corrected chi connectivity index (χ3v) is 10.3. The van der Waals surface area contributed by atoms with Crippen molar-refractivity contribution in [2.75, 3.05) is 50.3 Å². The van der Waals surface area contributed by atoms with Crippen molar-refractivity contribution in [3.8, 4) is 28.6 Å². The zero-order valence-electron chi connectivity index (χ0n) is 34.6. The summed E-state index contributed by atoms with van der Waals surface area (Å²) in [6.45, 7) is 8.62. The molecule has 1 N–H and O–H groups in total. The van der Waals surface area contributed by atoms with E-state index in [-0.39, 0.29) is 72.6 Å². The minimum absolute atomic E-state index is 0.000119. The van der Waals surface area contributed by atoms with Crippen molar-refractivity contribution in [1.82, 2.24) is 19.9 Å². The Bertz CT molecular complexity index is 2290. The molecule has 17 heteroatoms. The molecule has 0 bridgehead atoms. The SMILES string of the molecule is COc1ccc(CN(Cc2ccc(OC)cc2)c2cc(-c3nc4c5c(nc(SC)nc5c3F)NCCN(C(=O)OC(C)(C)C)CC[C@H](C)O4)c(C(F)(F)F)c(C)c2F)cc1. The number of nitrogens with zero attached hydrogens (tertiary/aromatic N) is 5. The van der Waals surface area contributed by atoms with Gasteiger partial charge in [0.15, 0.2) is 11.0 Å². The Morgan fingerprint density at radius 2 is 1.53 bits per heavy atom. The summed E-state index contributed by atoms with van der Waals surface area (Å²) in [5.41, 5.74) is -3.51. The quantitative estimate of drug-likeness (QED) is 0.0869. The topological polar surface area (TPSA) is 111 Å². The Morgan fingerprint density at radius 3 is 2.07 bits per heavy atom. The fraction of sp³-hybridized carbons (Fsp3) is 0.395. The van der Waals surface area contributed by atoms with Crippen LogP contribution in [-0.2, 0) is 24.0 Å². The van der Waals surface area contributed by atoms with Crippen LogP contribution < -0.4 is 24.4 Å². The van der Waals surface area contributed by atoms with Gasteiger partial charge in [-0.3, -0.25) is 0 Å². The van der Waals surface area contributed by atoms with Gasteiger partial charge in [0.25, 0.3) is 0 Å². The van der Waals surface area contributed by atoms with Gasteiger partial charge in [-0.2, -0.15) is 13.2 Å². The summed E-state index contributed by atoms with van der Waals surface area (Å²) in [4.78, 5) is 29.6.